The first-order valence-corrected chi connectivity index (χ1v) is 3.29. The Morgan fingerprint density at radius 3 is 2.33 bits per heavy atom. The molecule has 0 heterocycles. The summed E-state index contributed by atoms with van der Waals surface area (Å²) in [5.41, 5.74) is 0. The van der Waals surface area contributed by atoms with Crippen LogP contribution in [0.1, 0.15) is 6.42 Å². The highest BCUT2D eigenvalue weighted by atomic mass is 19.2. The molecule has 0 aliphatic rings. The molecule has 2 nitrogen and oxygen atoms in total. The molecule has 0 aliphatic heterocycles. The summed E-state index contributed by atoms with van der Waals surface area (Å²) >= 11 is 0. The van der Waals surface area contributed by atoms with Gasteiger partial charge in [0.2, 0.25) is 6.36 Å². The molecule has 0 saturated heterocycles. The van der Waals surface area contributed by atoms with Crippen LogP contribution >= 0.6 is 0 Å². The number of alkyl halides is 4. The van der Waals surface area contributed by atoms with Crippen molar-refractivity contribution in [3.63, 3.8) is 0 Å². The number of hydrogen-bond acceptors (Lipinski definition) is 1. The van der Waals surface area contributed by atoms with E-state index in [0.29, 0.717) is 0 Å². The van der Waals surface area contributed by atoms with E-state index in [-0.39, 0.29) is 0 Å². The second kappa shape index (κ2) is 5.31. The van der Waals surface area contributed by atoms with Crippen LogP contribution in [0, 0.1) is 0 Å². The molecule has 2 unspecified atom stereocenters. The summed E-state index contributed by atoms with van der Waals surface area (Å²) in [4.78, 5) is 0. The van der Waals surface area contributed by atoms with Gasteiger partial charge < -0.3 is 4.74 Å². The largest absolute Gasteiger partial charge is 0.307 e. The second-order valence-corrected chi connectivity index (χ2v) is 2.17. The predicted octanol–water partition coefficient (Wildman–Crippen LogP) is 1.72. The third-order valence-electron chi connectivity index (χ3n) is 1.09. The lowest BCUT2D eigenvalue weighted by atomic mass is 10.3. The van der Waals surface area contributed by atoms with Gasteiger partial charge in [0.1, 0.15) is 6.61 Å². The SMILES string of the molecule is [O]CC(F)(CF)OC(F)CCF. The maximum absolute atomic E-state index is 12.6. The van der Waals surface area contributed by atoms with Crippen LogP contribution in [-0.2, 0) is 9.84 Å². The second-order valence-electron chi connectivity index (χ2n) is 2.17. The van der Waals surface area contributed by atoms with Gasteiger partial charge in [0.25, 0.3) is 5.85 Å². The van der Waals surface area contributed by atoms with Gasteiger partial charge in [0, 0.05) is 6.42 Å². The van der Waals surface area contributed by atoms with Crippen molar-refractivity contribution in [3.8, 4) is 0 Å². The molecule has 73 valence electrons. The third-order valence-corrected chi connectivity index (χ3v) is 1.09. The topological polar surface area (TPSA) is 29.1 Å². The Balaban J connectivity index is 3.84. The maximum atomic E-state index is 12.6. The first kappa shape index (κ1) is 11.6. The van der Waals surface area contributed by atoms with Crippen LogP contribution in [0.4, 0.5) is 17.6 Å². The summed E-state index contributed by atoms with van der Waals surface area (Å²) in [5.74, 6) is -3.16. The lowest BCUT2D eigenvalue weighted by Gasteiger charge is -2.20. The highest BCUT2D eigenvalue weighted by molar-refractivity contribution is 4.65. The number of halogens is 4. The number of rotatable bonds is 6. The Hall–Kier alpha value is -0.360. The summed E-state index contributed by atoms with van der Waals surface area (Å²) in [5, 5.41) is 9.92. The van der Waals surface area contributed by atoms with E-state index >= 15 is 0 Å². The van der Waals surface area contributed by atoms with Crippen molar-refractivity contribution >= 4 is 0 Å². The Kier molecular flexibility index (Phi) is 5.16. The molecule has 1 radical (unpaired) electrons. The van der Waals surface area contributed by atoms with E-state index in [1.807, 2.05) is 0 Å². The van der Waals surface area contributed by atoms with Gasteiger partial charge >= 0.3 is 0 Å². The highest BCUT2D eigenvalue weighted by Crippen LogP contribution is 2.18. The van der Waals surface area contributed by atoms with Crippen molar-refractivity contribution < 1.29 is 27.4 Å². The minimum absolute atomic E-state index is 0.703. The fourth-order valence-electron chi connectivity index (χ4n) is 0.478. The zero-order valence-electron chi connectivity index (χ0n) is 6.23. The van der Waals surface area contributed by atoms with E-state index < -0.39 is 38.6 Å². The van der Waals surface area contributed by atoms with Crippen LogP contribution in [0.3, 0.4) is 0 Å². The summed E-state index contributed by atoms with van der Waals surface area (Å²) in [7, 11) is 0. The molecular formula is C6H9F4O2. The van der Waals surface area contributed by atoms with Gasteiger partial charge in [-0.2, -0.15) is 0 Å². The Bertz CT molecular complexity index is 118. The van der Waals surface area contributed by atoms with Crippen LogP contribution in [-0.4, -0.2) is 32.2 Å². The average Bonchev–Trinajstić information content (AvgIpc) is 2.05. The maximum Gasteiger partial charge on any atom is 0.266 e. The molecule has 0 bridgehead atoms. The lowest BCUT2D eigenvalue weighted by molar-refractivity contribution is -0.247. The minimum atomic E-state index is -3.16. The first-order chi connectivity index (χ1) is 5.58. The zero-order chi connectivity index (χ0) is 9.61. The molecular weight excluding hydrogens is 180 g/mol. The summed E-state index contributed by atoms with van der Waals surface area (Å²) in [6.45, 7) is -4.33. The van der Waals surface area contributed by atoms with Crippen LogP contribution in [0.5, 0.6) is 0 Å². The molecule has 0 saturated carbocycles. The van der Waals surface area contributed by atoms with Crippen molar-refractivity contribution in [2.75, 3.05) is 20.0 Å². The van der Waals surface area contributed by atoms with E-state index in [1.54, 1.807) is 0 Å². The van der Waals surface area contributed by atoms with Gasteiger partial charge in [-0.3, -0.25) is 4.39 Å². The molecule has 0 aromatic carbocycles. The van der Waals surface area contributed by atoms with Gasteiger partial charge in [-0.15, -0.1) is 0 Å². The normalized spacial score (nSPS) is 18.8. The van der Waals surface area contributed by atoms with E-state index in [0.717, 1.165) is 0 Å². The van der Waals surface area contributed by atoms with Gasteiger partial charge in [-0.1, -0.05) is 0 Å². The highest BCUT2D eigenvalue weighted by Gasteiger charge is 2.34. The molecule has 0 N–H and O–H groups in total. The van der Waals surface area contributed by atoms with Crippen LogP contribution in [0.25, 0.3) is 0 Å². The van der Waals surface area contributed by atoms with Crippen molar-refractivity contribution in [1.29, 1.82) is 0 Å². The molecule has 0 spiro atoms. The van der Waals surface area contributed by atoms with Gasteiger partial charge in [0.15, 0.2) is 6.67 Å². The molecule has 0 rings (SSSR count). The first-order valence-electron chi connectivity index (χ1n) is 3.29. The predicted molar refractivity (Wildman–Crippen MR) is 31.9 cm³/mol. The molecule has 0 aliphatic carbocycles. The van der Waals surface area contributed by atoms with Crippen molar-refractivity contribution in [2.45, 2.75) is 18.6 Å². The molecule has 0 aromatic heterocycles. The minimum Gasteiger partial charge on any atom is -0.307 e. The molecule has 0 aromatic rings. The average molecular weight is 189 g/mol. The standard InChI is InChI=1S/C6H9F4O2/c7-2-1-5(9)12-6(10,3-8)4-11/h5H,1-4H2. The zero-order valence-corrected chi connectivity index (χ0v) is 6.23. The number of ether oxygens (including phenoxy) is 1. The van der Waals surface area contributed by atoms with Crippen molar-refractivity contribution in [2.24, 2.45) is 0 Å². The van der Waals surface area contributed by atoms with E-state index in [2.05, 4.69) is 4.74 Å². The Labute approximate surface area is 67.1 Å². The quantitative estimate of drug-likeness (QED) is 0.585. The van der Waals surface area contributed by atoms with Gasteiger partial charge in [-0.05, 0) is 0 Å². The fourth-order valence-corrected chi connectivity index (χ4v) is 0.478. The summed E-state index contributed by atoms with van der Waals surface area (Å²) in [6.07, 6.45) is -2.98. The van der Waals surface area contributed by atoms with E-state index in [9.17, 15) is 22.7 Å². The third kappa shape index (κ3) is 3.87. The van der Waals surface area contributed by atoms with Gasteiger partial charge in [-0.25, -0.2) is 18.3 Å². The lowest BCUT2D eigenvalue weighted by Crippen LogP contribution is -2.36. The Morgan fingerprint density at radius 2 is 2.00 bits per heavy atom. The van der Waals surface area contributed by atoms with Crippen molar-refractivity contribution in [1.82, 2.24) is 0 Å². The number of hydrogen-bond donors (Lipinski definition) is 0. The molecule has 12 heavy (non-hydrogen) atoms. The molecule has 6 heteroatoms. The van der Waals surface area contributed by atoms with Gasteiger partial charge in [0.05, 0.1) is 6.67 Å². The van der Waals surface area contributed by atoms with Crippen LogP contribution in [0.15, 0.2) is 0 Å². The Morgan fingerprint density at radius 1 is 1.42 bits per heavy atom. The molecule has 0 amide bonds. The van der Waals surface area contributed by atoms with E-state index in [1.165, 1.54) is 0 Å². The van der Waals surface area contributed by atoms with Crippen molar-refractivity contribution in [3.05, 3.63) is 0 Å². The molecule has 0 fully saturated rings. The molecule has 2 atom stereocenters. The van der Waals surface area contributed by atoms with E-state index in [4.69, 9.17) is 0 Å². The van der Waals surface area contributed by atoms with Crippen LogP contribution in [0.2, 0.25) is 0 Å². The van der Waals surface area contributed by atoms with Crippen LogP contribution < -0.4 is 0 Å². The summed E-state index contributed by atoms with van der Waals surface area (Å²) < 4.78 is 51.6. The monoisotopic (exact) mass is 189 g/mol. The smallest absolute Gasteiger partial charge is 0.266 e. The fraction of sp³-hybridized carbons (Fsp3) is 1.00. The summed E-state index contributed by atoms with van der Waals surface area (Å²) in [6, 6.07) is 0.